The molecule has 2 amide bonds. The zero-order valence-electron chi connectivity index (χ0n) is 18.5. The van der Waals surface area contributed by atoms with Gasteiger partial charge >= 0.3 is 0 Å². The summed E-state index contributed by atoms with van der Waals surface area (Å²) in [6.45, 7) is 7.92. The van der Waals surface area contributed by atoms with Gasteiger partial charge in [-0.25, -0.2) is 0 Å². The number of carbonyl (C=O) groups is 2. The van der Waals surface area contributed by atoms with E-state index < -0.39 is 0 Å². The van der Waals surface area contributed by atoms with Gasteiger partial charge in [-0.2, -0.15) is 0 Å². The molecule has 3 atom stereocenters. The molecule has 0 aromatic heterocycles. The predicted molar refractivity (Wildman–Crippen MR) is 116 cm³/mol. The van der Waals surface area contributed by atoms with Crippen LogP contribution in [0.3, 0.4) is 0 Å². The van der Waals surface area contributed by atoms with Crippen molar-refractivity contribution in [2.24, 2.45) is 23.7 Å². The van der Waals surface area contributed by atoms with E-state index in [0.29, 0.717) is 37.3 Å². The van der Waals surface area contributed by atoms with Crippen LogP contribution in [0.2, 0.25) is 0 Å². The number of hydrogen-bond donors (Lipinski definition) is 1. The monoisotopic (exact) mass is 400 g/mol. The van der Waals surface area contributed by atoms with E-state index in [9.17, 15) is 9.59 Å². The Kier molecular flexibility index (Phi) is 8.90. The minimum Gasteiger partial charge on any atom is -0.375 e. The number of carbonyl (C=O) groups excluding carboxylic acids is 2. The van der Waals surface area contributed by atoms with Crippen molar-refractivity contribution in [1.29, 1.82) is 0 Å². The summed E-state index contributed by atoms with van der Waals surface area (Å²) in [4.78, 5) is 26.4. The van der Waals surface area contributed by atoms with Crippen LogP contribution in [0.1, 0.15) is 39.2 Å². The third kappa shape index (κ3) is 7.00. The third-order valence-corrected chi connectivity index (χ3v) is 6.00. The Labute approximate surface area is 175 Å². The van der Waals surface area contributed by atoms with Gasteiger partial charge in [0, 0.05) is 33.7 Å². The van der Waals surface area contributed by atoms with Crippen molar-refractivity contribution in [2.45, 2.75) is 40.2 Å². The first-order valence-corrected chi connectivity index (χ1v) is 10.5. The second kappa shape index (κ2) is 11.1. The average Bonchev–Trinajstić information content (AvgIpc) is 2.68. The maximum absolute atomic E-state index is 12.8. The summed E-state index contributed by atoms with van der Waals surface area (Å²) in [5.41, 5.74) is 2.40. The zero-order chi connectivity index (χ0) is 21.4. The zero-order valence-corrected chi connectivity index (χ0v) is 18.5. The lowest BCUT2D eigenvalue weighted by atomic mass is 9.69. The van der Waals surface area contributed by atoms with E-state index in [0.717, 1.165) is 12.0 Å². The highest BCUT2D eigenvalue weighted by atomic mass is 16.5. The quantitative estimate of drug-likeness (QED) is 0.644. The summed E-state index contributed by atoms with van der Waals surface area (Å²) in [5, 5.41) is 2.98. The molecule has 0 radical (unpaired) electrons. The van der Waals surface area contributed by atoms with Gasteiger partial charge in [0.1, 0.15) is 6.61 Å². The number of nitrogens with one attached hydrogen (secondary N) is 1. The lowest BCUT2D eigenvalue weighted by molar-refractivity contribution is -0.131. The van der Waals surface area contributed by atoms with Gasteiger partial charge in [0.2, 0.25) is 11.8 Å². The molecule has 0 saturated heterocycles. The van der Waals surface area contributed by atoms with Crippen molar-refractivity contribution < 1.29 is 14.3 Å². The number of hydrogen-bond acceptors (Lipinski definition) is 3. The molecule has 0 heterocycles. The van der Waals surface area contributed by atoms with Crippen LogP contribution in [-0.4, -0.2) is 44.0 Å². The molecule has 29 heavy (non-hydrogen) atoms. The minimum atomic E-state index is -0.0825. The molecular formula is C24H36N2O3. The Bertz CT molecular complexity index is 699. The Morgan fingerprint density at radius 1 is 1.24 bits per heavy atom. The van der Waals surface area contributed by atoms with Gasteiger partial charge < -0.3 is 15.0 Å². The molecule has 5 heteroatoms. The van der Waals surface area contributed by atoms with Gasteiger partial charge in [0.15, 0.2) is 0 Å². The highest BCUT2D eigenvalue weighted by molar-refractivity contribution is 5.77. The number of rotatable bonds is 9. The van der Waals surface area contributed by atoms with Gasteiger partial charge in [-0.1, -0.05) is 55.8 Å². The van der Waals surface area contributed by atoms with Crippen LogP contribution in [0.4, 0.5) is 0 Å². The molecule has 1 N–H and O–H groups in total. The van der Waals surface area contributed by atoms with Crippen molar-refractivity contribution in [2.75, 3.05) is 27.3 Å². The van der Waals surface area contributed by atoms with E-state index in [1.807, 2.05) is 42.3 Å². The SMILES string of the molecule is COCC(=O)NC[C@@H]1C=C(C)[C@H](CC(=O)N(C)Cc2ccccc2)C[C@H]1C(C)C. The first-order valence-electron chi connectivity index (χ1n) is 10.5. The largest absolute Gasteiger partial charge is 0.375 e. The molecule has 1 aromatic carbocycles. The van der Waals surface area contributed by atoms with Crippen LogP contribution in [0, 0.1) is 23.7 Å². The molecule has 2 rings (SSSR count). The van der Waals surface area contributed by atoms with Gasteiger partial charge in [0.25, 0.3) is 0 Å². The number of amides is 2. The summed E-state index contributed by atoms with van der Waals surface area (Å²) in [6.07, 6.45) is 3.80. The lowest BCUT2D eigenvalue weighted by Crippen LogP contribution is -2.38. The highest BCUT2D eigenvalue weighted by Gasteiger charge is 2.33. The number of benzene rings is 1. The molecule has 160 valence electrons. The molecule has 1 aliphatic rings. The Hall–Kier alpha value is -2.14. The van der Waals surface area contributed by atoms with Crippen molar-refractivity contribution in [3.8, 4) is 0 Å². The van der Waals surface area contributed by atoms with Gasteiger partial charge in [0.05, 0.1) is 0 Å². The highest BCUT2D eigenvalue weighted by Crippen LogP contribution is 2.39. The molecule has 1 aliphatic carbocycles. The standard InChI is InChI=1S/C24H36N2O3/c1-17(2)22-12-20(18(3)11-21(22)14-25-23(27)16-29-5)13-24(28)26(4)15-19-9-7-6-8-10-19/h6-11,17,20-22H,12-16H2,1-5H3,(H,25,27)/t20-,21-,22-/m0/s1. The topological polar surface area (TPSA) is 58.6 Å². The van der Waals surface area contributed by atoms with Crippen LogP contribution < -0.4 is 5.32 Å². The van der Waals surface area contributed by atoms with Gasteiger partial charge in [-0.15, -0.1) is 0 Å². The first kappa shape index (κ1) is 23.1. The molecule has 0 spiro atoms. The number of methoxy groups -OCH3 is 1. The van der Waals surface area contributed by atoms with Crippen LogP contribution in [-0.2, 0) is 20.9 Å². The van der Waals surface area contributed by atoms with E-state index >= 15 is 0 Å². The van der Waals surface area contributed by atoms with Crippen molar-refractivity contribution in [1.82, 2.24) is 10.2 Å². The maximum atomic E-state index is 12.8. The number of ether oxygens (including phenoxy) is 1. The maximum Gasteiger partial charge on any atom is 0.246 e. The third-order valence-electron chi connectivity index (χ3n) is 6.00. The number of allylic oxidation sites excluding steroid dienone is 1. The Morgan fingerprint density at radius 2 is 1.93 bits per heavy atom. The van der Waals surface area contributed by atoms with E-state index in [1.165, 1.54) is 12.7 Å². The number of nitrogens with zero attached hydrogens (tertiary/aromatic N) is 1. The summed E-state index contributed by atoms with van der Waals surface area (Å²) in [7, 11) is 3.41. The van der Waals surface area contributed by atoms with E-state index in [-0.39, 0.29) is 24.3 Å². The fourth-order valence-corrected chi connectivity index (χ4v) is 4.23. The molecule has 5 nitrogen and oxygen atoms in total. The van der Waals surface area contributed by atoms with Crippen molar-refractivity contribution >= 4 is 11.8 Å². The van der Waals surface area contributed by atoms with Crippen molar-refractivity contribution in [3.63, 3.8) is 0 Å². The second-order valence-electron chi connectivity index (χ2n) is 8.59. The smallest absolute Gasteiger partial charge is 0.246 e. The van der Waals surface area contributed by atoms with Crippen molar-refractivity contribution in [3.05, 3.63) is 47.5 Å². The van der Waals surface area contributed by atoms with Gasteiger partial charge in [-0.05, 0) is 42.6 Å². The van der Waals surface area contributed by atoms with E-state index in [4.69, 9.17) is 4.74 Å². The molecule has 0 fully saturated rings. The molecule has 0 saturated carbocycles. The van der Waals surface area contributed by atoms with Gasteiger partial charge in [-0.3, -0.25) is 9.59 Å². The summed E-state index contributed by atoms with van der Waals surface area (Å²) >= 11 is 0. The fourth-order valence-electron chi connectivity index (χ4n) is 4.23. The molecular weight excluding hydrogens is 364 g/mol. The van der Waals surface area contributed by atoms with E-state index in [2.05, 4.69) is 32.2 Å². The molecule has 0 unspecified atom stereocenters. The predicted octanol–water partition coefficient (Wildman–Crippen LogP) is 3.65. The summed E-state index contributed by atoms with van der Waals surface area (Å²) < 4.78 is 4.90. The minimum absolute atomic E-state index is 0.0825. The second-order valence-corrected chi connectivity index (χ2v) is 8.59. The molecule has 0 bridgehead atoms. The Balaban J connectivity index is 1.99. The van der Waals surface area contributed by atoms with Crippen LogP contribution in [0.15, 0.2) is 42.0 Å². The van der Waals surface area contributed by atoms with Crippen LogP contribution in [0.25, 0.3) is 0 Å². The average molecular weight is 401 g/mol. The van der Waals surface area contributed by atoms with Crippen LogP contribution in [0.5, 0.6) is 0 Å². The fraction of sp³-hybridized carbons (Fsp3) is 0.583. The van der Waals surface area contributed by atoms with Crippen LogP contribution >= 0.6 is 0 Å². The normalized spacial score (nSPS) is 21.6. The van der Waals surface area contributed by atoms with E-state index in [1.54, 1.807) is 0 Å². The summed E-state index contributed by atoms with van der Waals surface area (Å²) in [5.74, 6) is 1.59. The summed E-state index contributed by atoms with van der Waals surface area (Å²) in [6, 6.07) is 10.1. The lowest BCUT2D eigenvalue weighted by Gasteiger charge is -2.37. The first-order chi connectivity index (χ1) is 13.8. The molecule has 1 aromatic rings. The Morgan fingerprint density at radius 3 is 2.55 bits per heavy atom. The molecule has 0 aliphatic heterocycles.